The van der Waals surface area contributed by atoms with E-state index in [1.54, 1.807) is 61.3 Å². The summed E-state index contributed by atoms with van der Waals surface area (Å²) in [6.45, 7) is 2.32. The number of fused-ring (bicyclic) bond motifs is 1. The van der Waals surface area contributed by atoms with E-state index >= 15 is 0 Å². The Balaban J connectivity index is 1.69. The predicted molar refractivity (Wildman–Crippen MR) is 143 cm³/mol. The Hall–Kier alpha value is -4.65. The van der Waals surface area contributed by atoms with E-state index in [4.69, 9.17) is 19.2 Å². The number of nitrogens with zero attached hydrogens (tertiary/aromatic N) is 7. The average molecular weight is 548 g/mol. The van der Waals surface area contributed by atoms with E-state index in [-0.39, 0.29) is 28.7 Å². The van der Waals surface area contributed by atoms with E-state index in [0.717, 1.165) is 0 Å². The molecule has 4 aromatic heterocycles. The summed E-state index contributed by atoms with van der Waals surface area (Å²) in [7, 11) is -0.568. The summed E-state index contributed by atoms with van der Waals surface area (Å²) in [5, 5.41) is 0. The first-order valence-corrected chi connectivity index (χ1v) is 13.8. The molecule has 0 amide bonds. The summed E-state index contributed by atoms with van der Waals surface area (Å²) in [5.41, 5.74) is 1.82. The maximum Gasteiger partial charge on any atom is 0.213 e. The second kappa shape index (κ2) is 11.0. The van der Waals surface area contributed by atoms with Gasteiger partial charge in [0, 0.05) is 18.5 Å². The molecule has 0 aliphatic heterocycles. The van der Waals surface area contributed by atoms with Crippen LogP contribution in [0, 0.1) is 0 Å². The van der Waals surface area contributed by atoms with Crippen molar-refractivity contribution in [2.75, 3.05) is 20.8 Å². The molecule has 0 radical (unpaired) electrons. The van der Waals surface area contributed by atoms with Crippen molar-refractivity contribution in [3.8, 4) is 34.6 Å². The van der Waals surface area contributed by atoms with Crippen LogP contribution in [0.2, 0.25) is 0 Å². The molecule has 0 fully saturated rings. The van der Waals surface area contributed by atoms with Gasteiger partial charge in [0.15, 0.2) is 27.0 Å². The number of hydrogen-bond donors (Lipinski definition) is 0. The molecule has 0 N–H and O–H groups in total. The molecule has 12 nitrogen and oxygen atoms in total. The molecule has 0 atom stereocenters. The van der Waals surface area contributed by atoms with Crippen LogP contribution in [0.5, 0.6) is 17.4 Å². The van der Waals surface area contributed by atoms with Crippen LogP contribution in [-0.4, -0.2) is 63.7 Å². The molecule has 5 rings (SSSR count). The highest BCUT2D eigenvalue weighted by atomic mass is 32.2. The molecular weight excluding hydrogens is 522 g/mol. The zero-order chi connectivity index (χ0) is 27.4. The normalized spacial score (nSPS) is 11.5. The first-order chi connectivity index (χ1) is 18.9. The number of methoxy groups -OCH3 is 2. The van der Waals surface area contributed by atoms with Gasteiger partial charge in [-0.1, -0.05) is 12.1 Å². The highest BCUT2D eigenvalue weighted by molar-refractivity contribution is 7.89. The summed E-state index contributed by atoms with van der Waals surface area (Å²) in [4.78, 5) is 26.5. The largest absolute Gasteiger partial charge is 0.494 e. The van der Waals surface area contributed by atoms with Crippen molar-refractivity contribution in [1.29, 1.82) is 0 Å². The molecule has 0 aliphatic carbocycles. The minimum atomic E-state index is -3.65. The smallest absolute Gasteiger partial charge is 0.213 e. The highest BCUT2D eigenvalue weighted by Crippen LogP contribution is 2.37. The molecule has 5 aromatic rings. The van der Waals surface area contributed by atoms with Crippen LogP contribution >= 0.6 is 0 Å². The Bertz CT molecular complexity index is 1700. The van der Waals surface area contributed by atoms with Crippen molar-refractivity contribution < 1.29 is 22.6 Å². The molecule has 39 heavy (non-hydrogen) atoms. The van der Waals surface area contributed by atoms with Crippen molar-refractivity contribution in [1.82, 2.24) is 34.5 Å². The van der Waals surface area contributed by atoms with Gasteiger partial charge in [0.2, 0.25) is 5.88 Å². The predicted octanol–water partition coefficient (Wildman–Crippen LogP) is 3.20. The molecule has 200 valence electrons. The summed E-state index contributed by atoms with van der Waals surface area (Å²) < 4.78 is 44.5. The summed E-state index contributed by atoms with van der Waals surface area (Å²) in [6.07, 6.45) is 4.40. The molecule has 0 bridgehead atoms. The quantitative estimate of drug-likeness (QED) is 0.254. The number of benzene rings is 1. The summed E-state index contributed by atoms with van der Waals surface area (Å²) >= 11 is 0. The van der Waals surface area contributed by atoms with Gasteiger partial charge in [-0.25, -0.2) is 38.3 Å². The van der Waals surface area contributed by atoms with E-state index < -0.39 is 9.84 Å². The zero-order valence-corrected chi connectivity index (χ0v) is 22.3. The second-order valence-electron chi connectivity index (χ2n) is 8.28. The molecule has 0 unspecified atom stereocenters. The van der Waals surface area contributed by atoms with Crippen molar-refractivity contribution >= 4 is 21.1 Å². The van der Waals surface area contributed by atoms with Gasteiger partial charge in [-0.3, -0.25) is 4.57 Å². The van der Waals surface area contributed by atoms with Crippen LogP contribution in [0.1, 0.15) is 18.4 Å². The number of imidazole rings is 1. The Morgan fingerprint density at radius 3 is 2.26 bits per heavy atom. The Morgan fingerprint density at radius 1 is 0.846 bits per heavy atom. The van der Waals surface area contributed by atoms with Crippen molar-refractivity contribution in [2.45, 2.75) is 18.4 Å². The number of ether oxygens (including phenoxy) is 3. The lowest BCUT2D eigenvalue weighted by molar-refractivity contribution is 0.327. The van der Waals surface area contributed by atoms with Crippen LogP contribution in [0.4, 0.5) is 0 Å². The fourth-order valence-corrected chi connectivity index (χ4v) is 5.27. The second-order valence-corrected chi connectivity index (χ2v) is 10.3. The first kappa shape index (κ1) is 26.0. The van der Waals surface area contributed by atoms with E-state index in [1.165, 1.54) is 18.6 Å². The average Bonchev–Trinajstić information content (AvgIpc) is 3.31. The molecule has 0 saturated heterocycles. The minimum Gasteiger partial charge on any atom is -0.494 e. The number of hydrogen-bond acceptors (Lipinski definition) is 11. The highest BCUT2D eigenvalue weighted by Gasteiger charge is 2.25. The molecule has 0 saturated carbocycles. The van der Waals surface area contributed by atoms with Gasteiger partial charge in [0.1, 0.15) is 34.5 Å². The Labute approximate surface area is 224 Å². The van der Waals surface area contributed by atoms with Crippen LogP contribution < -0.4 is 14.2 Å². The molecule has 0 spiro atoms. The van der Waals surface area contributed by atoms with Gasteiger partial charge >= 0.3 is 0 Å². The standard InChI is InChI=1S/C26H25N7O5S/c1-4-38-22-11-5-8-18(31-22)25-32-24-26(33(25)23-19(36-2)9-6-10-20(23)37-3)30-17(14-29-24)15-39(34,35)16-21-27-12-7-13-28-21/h5-14H,4,15-16H2,1-3H3. The van der Waals surface area contributed by atoms with E-state index in [9.17, 15) is 8.42 Å². The van der Waals surface area contributed by atoms with Crippen LogP contribution in [0.15, 0.2) is 61.1 Å². The number of sulfone groups is 1. The van der Waals surface area contributed by atoms with Gasteiger partial charge in [-0.15, -0.1) is 0 Å². The molecule has 13 heteroatoms. The lowest BCUT2D eigenvalue weighted by Gasteiger charge is -2.16. The number of pyridine rings is 1. The fourth-order valence-electron chi connectivity index (χ4n) is 4.04. The van der Waals surface area contributed by atoms with Gasteiger partial charge in [-0.2, -0.15) is 0 Å². The number of aromatic nitrogens is 7. The van der Waals surface area contributed by atoms with Gasteiger partial charge < -0.3 is 14.2 Å². The third kappa shape index (κ3) is 5.48. The Kier molecular flexibility index (Phi) is 7.32. The lowest BCUT2D eigenvalue weighted by atomic mass is 10.2. The number of rotatable bonds is 10. The third-order valence-corrected chi connectivity index (χ3v) is 7.06. The molecular formula is C26H25N7O5S. The molecule has 1 aromatic carbocycles. The van der Waals surface area contributed by atoms with Gasteiger partial charge in [-0.05, 0) is 31.2 Å². The topological polar surface area (TPSA) is 144 Å². The molecule has 0 aliphatic rings. The fraction of sp³-hybridized carbons (Fsp3) is 0.231. The SMILES string of the molecule is CCOc1cccc(-c2nc3ncc(CS(=O)(=O)Cc4ncccn4)nc3n2-c2c(OC)cccc2OC)n1. The minimum absolute atomic E-state index is 0.206. The van der Waals surface area contributed by atoms with Crippen LogP contribution in [0.25, 0.3) is 28.5 Å². The van der Waals surface area contributed by atoms with Crippen LogP contribution in [-0.2, 0) is 21.3 Å². The monoisotopic (exact) mass is 547 g/mol. The zero-order valence-electron chi connectivity index (χ0n) is 21.5. The third-order valence-electron chi connectivity index (χ3n) is 5.63. The maximum atomic E-state index is 13.0. The van der Waals surface area contributed by atoms with Crippen molar-refractivity contribution in [2.24, 2.45) is 0 Å². The first-order valence-electron chi connectivity index (χ1n) is 11.9. The lowest BCUT2D eigenvalue weighted by Crippen LogP contribution is -2.12. The van der Waals surface area contributed by atoms with Crippen LogP contribution in [0.3, 0.4) is 0 Å². The van der Waals surface area contributed by atoms with E-state index in [2.05, 4.69) is 24.9 Å². The molecule has 4 heterocycles. The number of para-hydroxylation sites is 1. The van der Waals surface area contributed by atoms with E-state index in [0.29, 0.717) is 46.8 Å². The van der Waals surface area contributed by atoms with E-state index in [1.807, 2.05) is 6.92 Å². The van der Waals surface area contributed by atoms with Crippen molar-refractivity contribution in [3.63, 3.8) is 0 Å². The van der Waals surface area contributed by atoms with Crippen molar-refractivity contribution in [3.05, 3.63) is 72.6 Å². The maximum absolute atomic E-state index is 13.0. The van der Waals surface area contributed by atoms with Gasteiger partial charge in [0.05, 0.1) is 38.5 Å². The van der Waals surface area contributed by atoms with Gasteiger partial charge in [0.25, 0.3) is 0 Å². The summed E-state index contributed by atoms with van der Waals surface area (Å²) in [5.74, 6) is 1.30. The Morgan fingerprint density at radius 2 is 1.56 bits per heavy atom. The summed E-state index contributed by atoms with van der Waals surface area (Å²) in [6, 6.07) is 12.3.